The molecule has 0 aromatic heterocycles. The van der Waals surface area contributed by atoms with Gasteiger partial charge in [0.05, 0.1) is 0 Å². The highest BCUT2D eigenvalue weighted by molar-refractivity contribution is 5.98. The van der Waals surface area contributed by atoms with E-state index in [1.165, 1.54) is 6.42 Å². The van der Waals surface area contributed by atoms with E-state index in [1.807, 2.05) is 6.07 Å². The first-order valence-corrected chi connectivity index (χ1v) is 8.19. The zero-order valence-electron chi connectivity index (χ0n) is 12.9. The molecule has 2 fully saturated rings. The number of hydrogen-bond donors (Lipinski definition) is 3. The third kappa shape index (κ3) is 4.76. The SMILES string of the molecule is N#CC(C(=O)NNC(=O)NC1CCCCC1)=C1CCCCC1. The molecule has 0 unspecified atom stereocenters. The molecule has 6 nitrogen and oxygen atoms in total. The summed E-state index contributed by atoms with van der Waals surface area (Å²) in [5.41, 5.74) is 5.74. The van der Waals surface area contributed by atoms with Crippen LogP contribution in [0.3, 0.4) is 0 Å². The minimum Gasteiger partial charge on any atom is -0.334 e. The molecule has 0 radical (unpaired) electrons. The van der Waals surface area contributed by atoms with E-state index in [0.29, 0.717) is 0 Å². The second-order valence-electron chi connectivity index (χ2n) is 6.04. The van der Waals surface area contributed by atoms with Crippen LogP contribution in [0.25, 0.3) is 0 Å². The van der Waals surface area contributed by atoms with Crippen molar-refractivity contribution in [2.24, 2.45) is 0 Å². The minimum absolute atomic E-state index is 0.151. The molecule has 22 heavy (non-hydrogen) atoms. The van der Waals surface area contributed by atoms with E-state index in [4.69, 9.17) is 0 Å². The first kappa shape index (κ1) is 16.3. The molecule has 6 heteroatoms. The van der Waals surface area contributed by atoms with E-state index >= 15 is 0 Å². The average Bonchev–Trinajstić information content (AvgIpc) is 2.55. The molecule has 3 N–H and O–H groups in total. The first-order valence-electron chi connectivity index (χ1n) is 8.19. The van der Waals surface area contributed by atoms with Crippen LogP contribution in [0.2, 0.25) is 0 Å². The molecule has 2 aliphatic rings. The second kappa shape index (κ2) is 8.42. The topological polar surface area (TPSA) is 94.0 Å². The predicted octanol–water partition coefficient (Wildman–Crippen LogP) is 2.43. The Kier molecular flexibility index (Phi) is 6.26. The third-order valence-electron chi connectivity index (χ3n) is 4.38. The molecule has 3 amide bonds. The van der Waals surface area contributed by atoms with Crippen molar-refractivity contribution in [3.8, 4) is 6.07 Å². The van der Waals surface area contributed by atoms with Crippen LogP contribution in [0.5, 0.6) is 0 Å². The van der Waals surface area contributed by atoms with Gasteiger partial charge in [0.1, 0.15) is 11.6 Å². The van der Waals surface area contributed by atoms with Gasteiger partial charge in [-0.25, -0.2) is 10.2 Å². The predicted molar refractivity (Wildman–Crippen MR) is 82.4 cm³/mol. The molecule has 120 valence electrons. The van der Waals surface area contributed by atoms with Gasteiger partial charge in [0.15, 0.2) is 0 Å². The minimum atomic E-state index is -0.516. The van der Waals surface area contributed by atoms with Crippen LogP contribution < -0.4 is 16.2 Å². The van der Waals surface area contributed by atoms with Crippen LogP contribution in [0.4, 0.5) is 4.79 Å². The van der Waals surface area contributed by atoms with Gasteiger partial charge in [-0.3, -0.25) is 10.2 Å². The number of amides is 3. The summed E-state index contributed by atoms with van der Waals surface area (Å²) < 4.78 is 0. The molecule has 0 aromatic carbocycles. The van der Waals surface area contributed by atoms with Crippen molar-refractivity contribution in [2.75, 3.05) is 0 Å². The summed E-state index contributed by atoms with van der Waals surface area (Å²) in [4.78, 5) is 23.8. The molecule has 2 rings (SSSR count). The highest BCUT2D eigenvalue weighted by Gasteiger charge is 2.19. The van der Waals surface area contributed by atoms with Gasteiger partial charge >= 0.3 is 6.03 Å². The van der Waals surface area contributed by atoms with Crippen molar-refractivity contribution in [1.82, 2.24) is 16.2 Å². The van der Waals surface area contributed by atoms with Crippen molar-refractivity contribution >= 4 is 11.9 Å². The maximum atomic E-state index is 12.0. The van der Waals surface area contributed by atoms with Crippen LogP contribution in [0.1, 0.15) is 64.2 Å². The van der Waals surface area contributed by atoms with Gasteiger partial charge in [-0.2, -0.15) is 5.26 Å². The largest absolute Gasteiger partial charge is 0.334 e. The Morgan fingerprint density at radius 1 is 0.955 bits per heavy atom. The van der Waals surface area contributed by atoms with E-state index in [-0.39, 0.29) is 11.6 Å². The van der Waals surface area contributed by atoms with Crippen LogP contribution in [-0.4, -0.2) is 18.0 Å². The van der Waals surface area contributed by atoms with Crippen LogP contribution in [0, 0.1) is 11.3 Å². The molecule has 0 heterocycles. The van der Waals surface area contributed by atoms with Crippen molar-refractivity contribution in [1.29, 1.82) is 5.26 Å². The molecule has 0 spiro atoms. The van der Waals surface area contributed by atoms with Crippen molar-refractivity contribution < 1.29 is 9.59 Å². The monoisotopic (exact) mass is 304 g/mol. The summed E-state index contributed by atoms with van der Waals surface area (Å²) >= 11 is 0. The zero-order chi connectivity index (χ0) is 15.8. The number of rotatable bonds is 2. The number of carbonyl (C=O) groups is 2. The van der Waals surface area contributed by atoms with Crippen molar-refractivity contribution in [3.05, 3.63) is 11.1 Å². The van der Waals surface area contributed by atoms with E-state index in [1.54, 1.807) is 0 Å². The lowest BCUT2D eigenvalue weighted by Crippen LogP contribution is -2.50. The van der Waals surface area contributed by atoms with Crippen LogP contribution in [-0.2, 0) is 4.79 Å². The smallest absolute Gasteiger partial charge is 0.333 e. The molecule has 2 aliphatic carbocycles. The fourth-order valence-electron chi connectivity index (χ4n) is 3.16. The average molecular weight is 304 g/mol. The Bertz CT molecular complexity index is 479. The number of hydrogen-bond acceptors (Lipinski definition) is 3. The van der Waals surface area contributed by atoms with Crippen molar-refractivity contribution in [2.45, 2.75) is 70.3 Å². The lowest BCUT2D eigenvalue weighted by molar-refractivity contribution is -0.117. The summed E-state index contributed by atoms with van der Waals surface area (Å²) in [5.74, 6) is -0.516. The number of nitrogens with one attached hydrogen (secondary N) is 3. The van der Waals surface area contributed by atoms with Gasteiger partial charge < -0.3 is 5.32 Å². The molecule has 0 aliphatic heterocycles. The van der Waals surface area contributed by atoms with Gasteiger partial charge in [-0.05, 0) is 44.1 Å². The Balaban J connectivity index is 1.80. The normalized spacial score (nSPS) is 19.0. The molecule has 0 saturated heterocycles. The Hall–Kier alpha value is -2.03. The third-order valence-corrected chi connectivity index (χ3v) is 4.38. The maximum Gasteiger partial charge on any atom is 0.333 e. The number of hydrazine groups is 1. The standard InChI is InChI=1S/C16H24N4O2/c17-11-14(12-7-3-1-4-8-12)15(21)19-20-16(22)18-13-9-5-2-6-10-13/h13H,1-10H2,(H,19,21)(H2,18,20,22). The number of carbonyl (C=O) groups excluding carboxylic acids is 2. The van der Waals surface area contributed by atoms with Gasteiger partial charge in [0.2, 0.25) is 0 Å². The molecule has 0 atom stereocenters. The van der Waals surface area contributed by atoms with E-state index < -0.39 is 11.9 Å². The molecular weight excluding hydrogens is 280 g/mol. The highest BCUT2D eigenvalue weighted by Crippen LogP contribution is 2.25. The van der Waals surface area contributed by atoms with Crippen molar-refractivity contribution in [3.63, 3.8) is 0 Å². The lowest BCUT2D eigenvalue weighted by atomic mass is 9.91. The Labute approximate surface area is 131 Å². The molecule has 2 saturated carbocycles. The quantitative estimate of drug-likeness (QED) is 0.415. The lowest BCUT2D eigenvalue weighted by Gasteiger charge is -2.23. The van der Waals surface area contributed by atoms with Crippen LogP contribution in [0.15, 0.2) is 11.1 Å². The first-order chi connectivity index (χ1) is 10.7. The summed E-state index contributed by atoms with van der Waals surface area (Å²) in [6.07, 6.45) is 10.2. The number of nitrogens with zero attached hydrogens (tertiary/aromatic N) is 1. The highest BCUT2D eigenvalue weighted by atomic mass is 16.2. The maximum absolute atomic E-state index is 12.0. The Morgan fingerprint density at radius 2 is 1.59 bits per heavy atom. The molecule has 0 bridgehead atoms. The fourth-order valence-corrected chi connectivity index (χ4v) is 3.16. The number of allylic oxidation sites excluding steroid dienone is 1. The van der Waals surface area contributed by atoms with Gasteiger partial charge in [0, 0.05) is 6.04 Å². The Morgan fingerprint density at radius 3 is 2.23 bits per heavy atom. The van der Waals surface area contributed by atoms with E-state index in [2.05, 4.69) is 16.2 Å². The summed E-state index contributed by atoms with van der Waals surface area (Å²) in [6, 6.07) is 1.74. The van der Waals surface area contributed by atoms with Gasteiger partial charge in [-0.1, -0.05) is 25.7 Å². The molecule has 0 aromatic rings. The van der Waals surface area contributed by atoms with Crippen LogP contribution >= 0.6 is 0 Å². The summed E-state index contributed by atoms with van der Waals surface area (Å²) in [7, 11) is 0. The number of nitriles is 1. The zero-order valence-corrected chi connectivity index (χ0v) is 12.9. The second-order valence-corrected chi connectivity index (χ2v) is 6.04. The molecular formula is C16H24N4O2. The van der Waals surface area contributed by atoms with Gasteiger partial charge in [0.25, 0.3) is 5.91 Å². The number of urea groups is 1. The van der Waals surface area contributed by atoms with Gasteiger partial charge in [-0.15, -0.1) is 0 Å². The fraction of sp³-hybridized carbons (Fsp3) is 0.688. The van der Waals surface area contributed by atoms with E-state index in [9.17, 15) is 14.9 Å². The van der Waals surface area contributed by atoms with E-state index in [0.717, 1.165) is 63.4 Å². The summed E-state index contributed by atoms with van der Waals surface area (Å²) in [5, 5.41) is 12.0. The summed E-state index contributed by atoms with van der Waals surface area (Å²) in [6.45, 7) is 0.